The molecule has 0 saturated heterocycles. The van der Waals surface area contributed by atoms with Gasteiger partial charge in [0, 0.05) is 16.1 Å². The molecule has 1 aromatic rings. The largest absolute Gasteiger partial charge is 0.506 e. The predicted molar refractivity (Wildman–Crippen MR) is 76.7 cm³/mol. The summed E-state index contributed by atoms with van der Waals surface area (Å²) in [5.41, 5.74) is 7.19. The lowest BCUT2D eigenvalue weighted by molar-refractivity contribution is 0.410. The van der Waals surface area contributed by atoms with Crippen LogP contribution in [0.1, 0.15) is 42.9 Å². The molecule has 3 N–H and O–H groups in total. The molecule has 1 fully saturated rings. The van der Waals surface area contributed by atoms with E-state index in [-0.39, 0.29) is 29.8 Å². The summed E-state index contributed by atoms with van der Waals surface area (Å²) in [5.74, 6) is 0.437. The normalized spacial score (nSPS) is 16.9. The molecule has 3 nitrogen and oxygen atoms in total. The van der Waals surface area contributed by atoms with E-state index in [4.69, 9.17) is 11.0 Å². The van der Waals surface area contributed by atoms with E-state index in [0.29, 0.717) is 11.5 Å². The van der Waals surface area contributed by atoms with Gasteiger partial charge < -0.3 is 10.8 Å². The minimum atomic E-state index is -0.194. The van der Waals surface area contributed by atoms with Crippen molar-refractivity contribution in [3.63, 3.8) is 0 Å². The molecule has 0 aliphatic heterocycles. The maximum Gasteiger partial charge on any atom is 0.139 e. The van der Waals surface area contributed by atoms with Gasteiger partial charge in [0.1, 0.15) is 11.8 Å². The summed E-state index contributed by atoms with van der Waals surface area (Å²) in [5, 5.41) is 19.0. The average Bonchev–Trinajstić information content (AvgIpc) is 2.82. The van der Waals surface area contributed by atoms with Gasteiger partial charge in [-0.05, 0) is 30.9 Å². The van der Waals surface area contributed by atoms with Crippen LogP contribution in [0.2, 0.25) is 0 Å². The minimum Gasteiger partial charge on any atom is -0.506 e. The highest BCUT2D eigenvalue weighted by Crippen LogP contribution is 2.41. The summed E-state index contributed by atoms with van der Waals surface area (Å²) in [6, 6.07) is 5.17. The Morgan fingerprint density at radius 3 is 2.56 bits per heavy atom. The van der Waals surface area contributed by atoms with Gasteiger partial charge in [-0.15, -0.1) is 12.4 Å². The van der Waals surface area contributed by atoms with E-state index in [1.165, 1.54) is 12.8 Å². The fraction of sp³-hybridized carbons (Fsp3) is 0.462. The Kier molecular flexibility index (Phi) is 5.46. The number of nitrogens with zero attached hydrogens (tertiary/aromatic N) is 1. The van der Waals surface area contributed by atoms with E-state index in [1.54, 1.807) is 12.1 Å². The number of phenols is 1. The van der Waals surface area contributed by atoms with E-state index in [9.17, 15) is 5.11 Å². The van der Waals surface area contributed by atoms with Crippen LogP contribution in [0, 0.1) is 17.2 Å². The van der Waals surface area contributed by atoms with Crippen LogP contribution < -0.4 is 5.73 Å². The Bertz CT molecular complexity index is 467. The molecule has 0 spiro atoms. The topological polar surface area (TPSA) is 70.0 Å². The van der Waals surface area contributed by atoms with E-state index < -0.39 is 0 Å². The quantitative estimate of drug-likeness (QED) is 0.869. The average molecular weight is 332 g/mol. The van der Waals surface area contributed by atoms with Crippen LogP contribution in [0.4, 0.5) is 0 Å². The molecule has 18 heavy (non-hydrogen) atoms. The van der Waals surface area contributed by atoms with Crippen molar-refractivity contribution in [3.8, 4) is 11.8 Å². The summed E-state index contributed by atoms with van der Waals surface area (Å²) in [4.78, 5) is 0. The Morgan fingerprint density at radius 1 is 1.39 bits per heavy atom. The van der Waals surface area contributed by atoms with Gasteiger partial charge in [0.05, 0.1) is 5.56 Å². The van der Waals surface area contributed by atoms with E-state index in [0.717, 1.165) is 17.3 Å². The van der Waals surface area contributed by atoms with Gasteiger partial charge in [-0.3, -0.25) is 0 Å². The van der Waals surface area contributed by atoms with Crippen LogP contribution in [0.3, 0.4) is 0 Å². The first kappa shape index (κ1) is 15.3. The molecular weight excluding hydrogens is 316 g/mol. The predicted octanol–water partition coefficient (Wildman–Crippen LogP) is 3.64. The molecule has 1 aromatic carbocycles. The van der Waals surface area contributed by atoms with Crippen molar-refractivity contribution in [2.24, 2.45) is 11.7 Å². The van der Waals surface area contributed by atoms with Crippen LogP contribution in [-0.4, -0.2) is 5.11 Å². The van der Waals surface area contributed by atoms with Gasteiger partial charge in [-0.2, -0.15) is 5.26 Å². The number of aromatic hydroxyl groups is 1. The van der Waals surface area contributed by atoms with Gasteiger partial charge in [-0.1, -0.05) is 28.8 Å². The lowest BCUT2D eigenvalue weighted by Gasteiger charge is -2.21. The van der Waals surface area contributed by atoms with Crippen molar-refractivity contribution in [1.29, 1.82) is 5.26 Å². The lowest BCUT2D eigenvalue weighted by atomic mass is 9.91. The highest BCUT2D eigenvalue weighted by Gasteiger charge is 2.27. The van der Waals surface area contributed by atoms with Gasteiger partial charge in [0.2, 0.25) is 0 Å². The SMILES string of the molecule is Cl.N#Cc1ccc(Br)c([C@@H](N)C2CCCC2)c1O. The molecule has 0 heterocycles. The fourth-order valence-electron chi connectivity index (χ4n) is 2.54. The molecule has 1 saturated carbocycles. The third-order valence-electron chi connectivity index (χ3n) is 3.53. The summed E-state index contributed by atoms with van der Waals surface area (Å²) in [6.45, 7) is 0. The number of nitrogens with two attached hydrogens (primary N) is 1. The highest BCUT2D eigenvalue weighted by molar-refractivity contribution is 9.10. The first-order valence-electron chi connectivity index (χ1n) is 5.82. The van der Waals surface area contributed by atoms with Gasteiger partial charge in [0.25, 0.3) is 0 Å². The third-order valence-corrected chi connectivity index (χ3v) is 4.22. The van der Waals surface area contributed by atoms with Crippen LogP contribution >= 0.6 is 28.3 Å². The Morgan fingerprint density at radius 2 is 2.00 bits per heavy atom. The third kappa shape index (κ3) is 2.80. The zero-order valence-electron chi connectivity index (χ0n) is 9.90. The van der Waals surface area contributed by atoms with Crippen molar-refractivity contribution in [3.05, 3.63) is 27.7 Å². The second-order valence-corrected chi connectivity index (χ2v) is 5.39. The molecule has 1 aliphatic carbocycles. The van der Waals surface area contributed by atoms with Crippen molar-refractivity contribution in [2.45, 2.75) is 31.7 Å². The van der Waals surface area contributed by atoms with Crippen LogP contribution in [0.5, 0.6) is 5.75 Å². The number of benzene rings is 1. The zero-order valence-corrected chi connectivity index (χ0v) is 12.3. The molecule has 0 amide bonds. The van der Waals surface area contributed by atoms with Crippen molar-refractivity contribution in [1.82, 2.24) is 0 Å². The smallest absolute Gasteiger partial charge is 0.139 e. The molecule has 0 radical (unpaired) electrons. The molecular formula is C13H16BrClN2O. The summed E-state index contributed by atoms with van der Waals surface area (Å²) < 4.78 is 0.786. The molecule has 98 valence electrons. The van der Waals surface area contributed by atoms with Crippen LogP contribution in [-0.2, 0) is 0 Å². The van der Waals surface area contributed by atoms with Crippen molar-refractivity contribution in [2.75, 3.05) is 0 Å². The number of hydrogen-bond donors (Lipinski definition) is 2. The van der Waals surface area contributed by atoms with Crippen LogP contribution in [0.25, 0.3) is 0 Å². The Hall–Kier alpha value is -0.760. The monoisotopic (exact) mass is 330 g/mol. The van der Waals surface area contributed by atoms with Crippen molar-refractivity contribution >= 4 is 28.3 Å². The highest BCUT2D eigenvalue weighted by atomic mass is 79.9. The van der Waals surface area contributed by atoms with Crippen LogP contribution in [0.15, 0.2) is 16.6 Å². The minimum absolute atomic E-state index is 0. The number of nitriles is 1. The molecule has 2 rings (SSSR count). The second-order valence-electron chi connectivity index (χ2n) is 4.54. The van der Waals surface area contributed by atoms with Gasteiger partial charge in [0.15, 0.2) is 0 Å². The van der Waals surface area contributed by atoms with E-state index in [1.807, 2.05) is 6.07 Å². The number of halogens is 2. The van der Waals surface area contributed by atoms with Gasteiger partial charge in [-0.25, -0.2) is 0 Å². The molecule has 0 unspecified atom stereocenters. The number of rotatable bonds is 2. The summed E-state index contributed by atoms with van der Waals surface area (Å²) in [7, 11) is 0. The fourth-order valence-corrected chi connectivity index (χ4v) is 3.13. The Labute approximate surface area is 122 Å². The number of hydrogen-bond acceptors (Lipinski definition) is 3. The summed E-state index contributed by atoms with van der Waals surface area (Å²) in [6.07, 6.45) is 4.61. The molecule has 0 aromatic heterocycles. The van der Waals surface area contributed by atoms with E-state index in [2.05, 4.69) is 15.9 Å². The lowest BCUT2D eigenvalue weighted by Crippen LogP contribution is -2.20. The zero-order chi connectivity index (χ0) is 12.4. The first-order valence-corrected chi connectivity index (χ1v) is 6.61. The van der Waals surface area contributed by atoms with Gasteiger partial charge >= 0.3 is 0 Å². The molecule has 5 heteroatoms. The maximum absolute atomic E-state index is 10.1. The molecule has 1 atom stereocenters. The standard InChI is InChI=1S/C13H15BrN2O.ClH/c14-10-6-5-9(7-15)13(17)11(10)12(16)8-3-1-2-4-8;/h5-6,8,12,17H,1-4,16H2;1H/t12-;/m0./s1. The van der Waals surface area contributed by atoms with E-state index >= 15 is 0 Å². The maximum atomic E-state index is 10.1. The molecule has 0 bridgehead atoms. The first-order chi connectivity index (χ1) is 8.15. The Balaban J connectivity index is 0.00000162. The second kappa shape index (κ2) is 6.42. The van der Waals surface area contributed by atoms with Crippen molar-refractivity contribution < 1.29 is 5.11 Å². The molecule has 1 aliphatic rings. The number of phenolic OH excluding ortho intramolecular Hbond substituents is 1. The summed E-state index contributed by atoms with van der Waals surface area (Å²) >= 11 is 3.41.